The first-order chi connectivity index (χ1) is 10.7. The molecule has 22 heavy (non-hydrogen) atoms. The lowest BCUT2D eigenvalue weighted by atomic mass is 10.1. The van der Waals surface area contributed by atoms with Gasteiger partial charge in [0.1, 0.15) is 0 Å². The van der Waals surface area contributed by atoms with Crippen molar-refractivity contribution in [2.45, 2.75) is 13.5 Å². The Morgan fingerprint density at radius 1 is 1.18 bits per heavy atom. The van der Waals surface area contributed by atoms with Gasteiger partial charge in [0, 0.05) is 40.5 Å². The molecule has 0 aliphatic carbocycles. The first-order valence-electron chi connectivity index (χ1n) is 7.17. The molecule has 3 rings (SSSR count). The summed E-state index contributed by atoms with van der Waals surface area (Å²) >= 11 is 0. The van der Waals surface area contributed by atoms with Gasteiger partial charge in [0.05, 0.1) is 0 Å². The van der Waals surface area contributed by atoms with Crippen LogP contribution in [0.5, 0.6) is 0 Å². The number of hydrogen-bond donors (Lipinski definition) is 1. The van der Waals surface area contributed by atoms with Gasteiger partial charge in [-0.1, -0.05) is 18.2 Å². The number of amides is 1. The Morgan fingerprint density at radius 3 is 2.64 bits per heavy atom. The number of nitrogens with one attached hydrogen (secondary N) is 1. The molecule has 0 aliphatic rings. The number of nitrogens with zero attached hydrogens (tertiary/aromatic N) is 1. The van der Waals surface area contributed by atoms with Crippen LogP contribution in [0.1, 0.15) is 27.6 Å². The molecular weight excluding hydrogens is 276 g/mol. The number of benzene rings is 2. The molecule has 2 aromatic carbocycles. The zero-order valence-corrected chi connectivity index (χ0v) is 12.2. The summed E-state index contributed by atoms with van der Waals surface area (Å²) in [6.45, 7) is 2.80. The standard InChI is InChI=1S/C18H16N2O2/c1-2-20-11-14(12-21)16-10-13(8-9-17(16)20)18(22)19-15-6-4-3-5-7-15/h3-12H,2H2,1H3,(H,19,22). The Kier molecular flexibility index (Phi) is 3.74. The lowest BCUT2D eigenvalue weighted by molar-refractivity contribution is 0.102. The van der Waals surface area contributed by atoms with E-state index in [1.807, 2.05) is 54.1 Å². The first kappa shape index (κ1) is 14.1. The minimum Gasteiger partial charge on any atom is -0.347 e. The highest BCUT2D eigenvalue weighted by Gasteiger charge is 2.11. The van der Waals surface area contributed by atoms with E-state index in [2.05, 4.69) is 5.32 Å². The van der Waals surface area contributed by atoms with Crippen molar-refractivity contribution in [2.24, 2.45) is 0 Å². The minimum atomic E-state index is -0.186. The molecule has 0 spiro atoms. The Morgan fingerprint density at radius 2 is 1.95 bits per heavy atom. The van der Waals surface area contributed by atoms with Crippen LogP contribution >= 0.6 is 0 Å². The molecule has 110 valence electrons. The molecular formula is C18H16N2O2. The van der Waals surface area contributed by atoms with E-state index in [1.54, 1.807) is 12.1 Å². The zero-order valence-electron chi connectivity index (χ0n) is 12.2. The zero-order chi connectivity index (χ0) is 15.5. The molecule has 1 heterocycles. The molecule has 0 saturated heterocycles. The molecule has 0 saturated carbocycles. The van der Waals surface area contributed by atoms with Crippen molar-refractivity contribution in [1.82, 2.24) is 4.57 Å². The summed E-state index contributed by atoms with van der Waals surface area (Å²) in [5.74, 6) is -0.186. The van der Waals surface area contributed by atoms with Crippen molar-refractivity contribution in [3.05, 3.63) is 65.9 Å². The third-order valence-electron chi connectivity index (χ3n) is 3.67. The van der Waals surface area contributed by atoms with Gasteiger partial charge in [0.2, 0.25) is 0 Å². The van der Waals surface area contributed by atoms with E-state index in [0.717, 1.165) is 29.4 Å². The van der Waals surface area contributed by atoms with Gasteiger partial charge in [-0.25, -0.2) is 0 Å². The molecule has 1 N–H and O–H groups in total. The van der Waals surface area contributed by atoms with Crippen molar-refractivity contribution in [3.8, 4) is 0 Å². The highest BCUT2D eigenvalue weighted by molar-refractivity contribution is 6.08. The maximum atomic E-state index is 12.3. The lowest BCUT2D eigenvalue weighted by Crippen LogP contribution is -2.11. The van der Waals surface area contributed by atoms with E-state index >= 15 is 0 Å². The normalized spacial score (nSPS) is 10.6. The summed E-state index contributed by atoms with van der Waals surface area (Å²) in [6.07, 6.45) is 2.64. The smallest absolute Gasteiger partial charge is 0.255 e. The van der Waals surface area contributed by atoms with Gasteiger partial charge >= 0.3 is 0 Å². The van der Waals surface area contributed by atoms with Gasteiger partial charge in [0.25, 0.3) is 5.91 Å². The quantitative estimate of drug-likeness (QED) is 0.745. The average Bonchev–Trinajstić information content (AvgIpc) is 2.93. The van der Waals surface area contributed by atoms with Gasteiger partial charge in [-0.05, 0) is 37.3 Å². The summed E-state index contributed by atoms with van der Waals surface area (Å²) in [6, 6.07) is 14.7. The highest BCUT2D eigenvalue weighted by Crippen LogP contribution is 2.22. The van der Waals surface area contributed by atoms with E-state index in [9.17, 15) is 9.59 Å². The van der Waals surface area contributed by atoms with Crippen molar-refractivity contribution in [1.29, 1.82) is 0 Å². The number of aryl methyl sites for hydroxylation is 1. The number of fused-ring (bicyclic) bond motifs is 1. The highest BCUT2D eigenvalue weighted by atomic mass is 16.1. The van der Waals surface area contributed by atoms with Crippen molar-refractivity contribution in [2.75, 3.05) is 5.32 Å². The van der Waals surface area contributed by atoms with Crippen molar-refractivity contribution < 1.29 is 9.59 Å². The number of hydrogen-bond acceptors (Lipinski definition) is 2. The molecule has 0 bridgehead atoms. The second-order valence-corrected chi connectivity index (χ2v) is 5.04. The van der Waals surface area contributed by atoms with Crippen LogP contribution in [0.4, 0.5) is 5.69 Å². The fraction of sp³-hybridized carbons (Fsp3) is 0.111. The SMILES string of the molecule is CCn1cc(C=O)c2cc(C(=O)Nc3ccccc3)ccc21. The van der Waals surface area contributed by atoms with Crippen LogP contribution in [0.2, 0.25) is 0 Å². The van der Waals surface area contributed by atoms with Crippen LogP contribution in [0.3, 0.4) is 0 Å². The number of carbonyl (C=O) groups excluding carboxylic acids is 2. The molecule has 0 radical (unpaired) electrons. The molecule has 0 aliphatic heterocycles. The van der Waals surface area contributed by atoms with E-state index in [0.29, 0.717) is 11.1 Å². The molecule has 3 aromatic rings. The van der Waals surface area contributed by atoms with Crippen LogP contribution < -0.4 is 5.32 Å². The van der Waals surface area contributed by atoms with E-state index in [-0.39, 0.29) is 5.91 Å². The van der Waals surface area contributed by atoms with Crippen molar-refractivity contribution >= 4 is 28.8 Å². The number of anilines is 1. The number of carbonyl (C=O) groups is 2. The molecule has 0 atom stereocenters. The van der Waals surface area contributed by atoms with Crippen LogP contribution in [0, 0.1) is 0 Å². The molecule has 4 heteroatoms. The van der Waals surface area contributed by atoms with Crippen molar-refractivity contribution in [3.63, 3.8) is 0 Å². The fourth-order valence-electron chi connectivity index (χ4n) is 2.55. The molecule has 4 nitrogen and oxygen atoms in total. The average molecular weight is 292 g/mol. The third kappa shape index (κ3) is 2.51. The van der Waals surface area contributed by atoms with Gasteiger partial charge < -0.3 is 9.88 Å². The topological polar surface area (TPSA) is 51.1 Å². The van der Waals surface area contributed by atoms with E-state index < -0.39 is 0 Å². The molecule has 0 unspecified atom stereocenters. The Labute approximate surface area is 128 Å². The summed E-state index contributed by atoms with van der Waals surface area (Å²) in [4.78, 5) is 23.5. The largest absolute Gasteiger partial charge is 0.347 e. The van der Waals surface area contributed by atoms with Crippen LogP contribution in [-0.2, 0) is 6.54 Å². The van der Waals surface area contributed by atoms with Gasteiger partial charge in [0.15, 0.2) is 6.29 Å². The number of aromatic nitrogens is 1. The van der Waals surface area contributed by atoms with Gasteiger partial charge in [-0.2, -0.15) is 0 Å². The summed E-state index contributed by atoms with van der Waals surface area (Å²) in [5.41, 5.74) is 2.84. The van der Waals surface area contributed by atoms with E-state index in [1.165, 1.54) is 0 Å². The van der Waals surface area contributed by atoms with Gasteiger partial charge in [-0.15, -0.1) is 0 Å². The number of para-hydroxylation sites is 1. The maximum Gasteiger partial charge on any atom is 0.255 e. The first-order valence-corrected chi connectivity index (χ1v) is 7.17. The fourth-order valence-corrected chi connectivity index (χ4v) is 2.55. The van der Waals surface area contributed by atoms with Gasteiger partial charge in [-0.3, -0.25) is 9.59 Å². The Hall–Kier alpha value is -2.88. The molecule has 1 amide bonds. The summed E-state index contributed by atoms with van der Waals surface area (Å²) in [5, 5.41) is 3.65. The predicted molar refractivity (Wildman–Crippen MR) is 87.4 cm³/mol. The Balaban J connectivity index is 1.97. The monoisotopic (exact) mass is 292 g/mol. The lowest BCUT2D eigenvalue weighted by Gasteiger charge is -2.06. The van der Waals surface area contributed by atoms with Crippen LogP contribution in [0.15, 0.2) is 54.7 Å². The third-order valence-corrected chi connectivity index (χ3v) is 3.67. The summed E-state index contributed by atoms with van der Waals surface area (Å²) in [7, 11) is 0. The van der Waals surface area contributed by atoms with E-state index in [4.69, 9.17) is 0 Å². The Bertz CT molecular complexity index is 835. The van der Waals surface area contributed by atoms with Crippen LogP contribution in [0.25, 0.3) is 10.9 Å². The number of rotatable bonds is 4. The molecule has 1 aromatic heterocycles. The summed E-state index contributed by atoms with van der Waals surface area (Å²) < 4.78 is 2.00. The second-order valence-electron chi connectivity index (χ2n) is 5.04. The second kappa shape index (κ2) is 5.85. The predicted octanol–water partition coefficient (Wildman–Crippen LogP) is 3.73. The number of aldehydes is 1. The minimum absolute atomic E-state index is 0.186. The van der Waals surface area contributed by atoms with Crippen LogP contribution in [-0.4, -0.2) is 16.8 Å². The maximum absolute atomic E-state index is 12.3. The molecule has 0 fully saturated rings.